The van der Waals surface area contributed by atoms with Crippen molar-refractivity contribution in [3.8, 4) is 0 Å². The van der Waals surface area contributed by atoms with Crippen molar-refractivity contribution in [2.45, 2.75) is 119 Å². The number of esters is 1. The number of carbonyl (C=O) groups is 3. The quantitative estimate of drug-likeness (QED) is 0.155. The van der Waals surface area contributed by atoms with Gasteiger partial charge in [-0.1, -0.05) is 48.6 Å². The van der Waals surface area contributed by atoms with Crippen LogP contribution in [0.15, 0.2) is 60.8 Å². The Hall–Kier alpha value is -3.05. The van der Waals surface area contributed by atoms with Crippen LogP contribution in [0.2, 0.25) is 0 Å². The molecule has 0 saturated carbocycles. The number of carboxylic acid groups (broad SMARTS) is 1. The van der Waals surface area contributed by atoms with E-state index in [0.29, 0.717) is 6.42 Å². The van der Waals surface area contributed by atoms with Gasteiger partial charge in [0.2, 0.25) is 0 Å². The number of aliphatic hydroxyl groups is 5. The lowest BCUT2D eigenvalue weighted by Crippen LogP contribution is -2.61. The van der Waals surface area contributed by atoms with Gasteiger partial charge in [-0.05, 0) is 19.9 Å². The number of carboxylic acids is 1. The average Bonchev–Trinajstić information content (AvgIpc) is 3.72. The van der Waals surface area contributed by atoms with Crippen molar-refractivity contribution < 1.29 is 64.0 Å². The molecule has 2 saturated heterocycles. The molecule has 14 nitrogen and oxygen atoms in total. The molecule has 2 fully saturated rings. The van der Waals surface area contributed by atoms with Gasteiger partial charge in [-0.3, -0.25) is 9.59 Å². The summed E-state index contributed by atoms with van der Waals surface area (Å²) in [4.78, 5) is 36.9. The minimum Gasteiger partial charge on any atom is -0.481 e. The van der Waals surface area contributed by atoms with Crippen LogP contribution in [-0.2, 0) is 33.3 Å². The van der Waals surface area contributed by atoms with E-state index in [0.717, 1.165) is 0 Å². The van der Waals surface area contributed by atoms with Crippen molar-refractivity contribution in [2.75, 3.05) is 0 Å². The Morgan fingerprint density at radius 1 is 0.872 bits per heavy atom. The molecule has 3 rings (SSSR count). The number of rotatable bonds is 3. The van der Waals surface area contributed by atoms with Gasteiger partial charge in [0.15, 0.2) is 6.29 Å². The molecule has 8 N–H and O–H groups in total. The number of aliphatic hydroxyl groups excluding tert-OH is 5. The van der Waals surface area contributed by atoms with Crippen LogP contribution in [0.1, 0.15) is 46.0 Å². The van der Waals surface area contributed by atoms with Gasteiger partial charge in [0, 0.05) is 38.2 Å². The largest absolute Gasteiger partial charge is 0.481 e. The number of epoxide rings is 1. The van der Waals surface area contributed by atoms with Crippen LogP contribution in [0.3, 0.4) is 0 Å². The summed E-state index contributed by atoms with van der Waals surface area (Å²) in [6.45, 7) is 3.29. The SMILES string of the molecule is CC1CC=CC=CC=CC=CC(O[C@@H]2OC(C)[C@@H](O)C(N)C2O)CC(O)C(C(=O)O)C(O)CC(=O)CC(O)CC2OC2C=CC(=O)O1. The lowest BCUT2D eigenvalue weighted by molar-refractivity contribution is -0.277. The second-order valence-electron chi connectivity index (χ2n) is 12.1. The number of allylic oxidation sites excluding steroid dienone is 6. The van der Waals surface area contributed by atoms with E-state index in [2.05, 4.69) is 0 Å². The van der Waals surface area contributed by atoms with Crippen LogP contribution in [0, 0.1) is 5.92 Å². The molecule has 0 aromatic carbocycles. The maximum absolute atomic E-state index is 12.6. The number of ether oxygens (including phenoxy) is 4. The fourth-order valence-corrected chi connectivity index (χ4v) is 5.33. The van der Waals surface area contributed by atoms with E-state index < -0.39 is 97.3 Å². The van der Waals surface area contributed by atoms with Crippen LogP contribution in [0.4, 0.5) is 0 Å². The molecule has 0 bridgehead atoms. The number of ketones is 1. The summed E-state index contributed by atoms with van der Waals surface area (Å²) in [5.74, 6) is -4.54. The first-order valence-electron chi connectivity index (χ1n) is 15.7. The Bertz CT molecular complexity index is 1200. The number of nitrogens with two attached hydrogens (primary N) is 1. The Balaban J connectivity index is 1.79. The molecule has 0 radical (unpaired) electrons. The fraction of sp³-hybridized carbons (Fsp3) is 0.606. The zero-order valence-corrected chi connectivity index (χ0v) is 26.4. The molecule has 0 spiro atoms. The molecule has 3 aliphatic rings. The van der Waals surface area contributed by atoms with Crippen molar-refractivity contribution in [2.24, 2.45) is 11.7 Å². The maximum Gasteiger partial charge on any atom is 0.330 e. The highest BCUT2D eigenvalue weighted by molar-refractivity contribution is 5.82. The van der Waals surface area contributed by atoms with E-state index in [9.17, 15) is 45.0 Å². The van der Waals surface area contributed by atoms with Gasteiger partial charge in [-0.25, -0.2) is 4.79 Å². The summed E-state index contributed by atoms with van der Waals surface area (Å²) >= 11 is 0. The van der Waals surface area contributed by atoms with Crippen LogP contribution < -0.4 is 5.73 Å². The van der Waals surface area contributed by atoms with Crippen molar-refractivity contribution >= 4 is 17.7 Å². The summed E-state index contributed by atoms with van der Waals surface area (Å²) in [5, 5.41) is 62.6. The van der Waals surface area contributed by atoms with Gasteiger partial charge >= 0.3 is 11.9 Å². The van der Waals surface area contributed by atoms with Gasteiger partial charge in [0.1, 0.15) is 30.0 Å². The topological polar surface area (TPSA) is 239 Å². The third kappa shape index (κ3) is 12.5. The third-order valence-corrected chi connectivity index (χ3v) is 8.05. The zero-order chi connectivity index (χ0) is 34.7. The summed E-state index contributed by atoms with van der Waals surface area (Å²) in [6, 6.07) is -1.10. The average molecular weight is 666 g/mol. The number of cyclic esters (lactones) is 1. The molecule has 262 valence electrons. The molecule has 0 aromatic rings. The molecule has 14 heteroatoms. The standard InChI is InChI=1S/C33H47NO13/c1-18-10-8-6-4-3-5-7-9-11-22(46-33-31(41)29(34)30(40)19(2)45-33)17-24(38)28(32(42)43)23(37)15-20(35)14-21(36)16-26-25(47-26)12-13-27(39)44-18/h3-9,11-13,18-19,21-26,28-31,33,36-38,40-41H,10,14-17,34H2,1-2H3,(H,42,43)/t18?,19?,21?,22?,23?,24?,25?,26?,28?,29?,30-,31?,33+/m1/s1. The monoisotopic (exact) mass is 665 g/mol. The Morgan fingerprint density at radius 3 is 2.26 bits per heavy atom. The van der Waals surface area contributed by atoms with E-state index in [4.69, 9.17) is 24.7 Å². The first-order valence-corrected chi connectivity index (χ1v) is 15.7. The molecule has 13 atom stereocenters. The minimum absolute atomic E-state index is 0.0692. The van der Waals surface area contributed by atoms with E-state index in [1.807, 2.05) is 6.08 Å². The molecule has 3 aliphatic heterocycles. The highest BCUT2D eigenvalue weighted by atomic mass is 16.7. The summed E-state index contributed by atoms with van der Waals surface area (Å²) in [5.41, 5.74) is 5.91. The molecule has 0 aliphatic carbocycles. The Kier molecular flexibility index (Phi) is 15.1. The second-order valence-corrected chi connectivity index (χ2v) is 12.1. The van der Waals surface area contributed by atoms with Crippen LogP contribution in [0.5, 0.6) is 0 Å². The molecular weight excluding hydrogens is 618 g/mol. The Labute approximate surface area is 273 Å². The van der Waals surface area contributed by atoms with Gasteiger partial charge in [0.05, 0.1) is 48.8 Å². The van der Waals surface area contributed by atoms with Crippen LogP contribution in [-0.4, -0.2) is 122 Å². The van der Waals surface area contributed by atoms with Gasteiger partial charge in [-0.2, -0.15) is 0 Å². The van der Waals surface area contributed by atoms with Crippen molar-refractivity contribution in [3.63, 3.8) is 0 Å². The summed E-state index contributed by atoms with van der Waals surface area (Å²) < 4.78 is 22.2. The number of hydrogen-bond acceptors (Lipinski definition) is 13. The molecule has 0 aromatic heterocycles. The highest BCUT2D eigenvalue weighted by Crippen LogP contribution is 2.29. The predicted molar refractivity (Wildman–Crippen MR) is 166 cm³/mol. The van der Waals surface area contributed by atoms with Gasteiger partial charge in [0.25, 0.3) is 0 Å². The molecular formula is C33H47NO13. The fourth-order valence-electron chi connectivity index (χ4n) is 5.33. The van der Waals surface area contributed by atoms with Gasteiger partial charge < -0.3 is 55.3 Å². The smallest absolute Gasteiger partial charge is 0.330 e. The van der Waals surface area contributed by atoms with E-state index in [1.54, 1.807) is 43.4 Å². The number of hydrogen-bond donors (Lipinski definition) is 7. The van der Waals surface area contributed by atoms with E-state index in [-0.39, 0.29) is 25.4 Å². The van der Waals surface area contributed by atoms with E-state index in [1.165, 1.54) is 25.2 Å². The summed E-state index contributed by atoms with van der Waals surface area (Å²) in [6.07, 6.45) is 3.57. The summed E-state index contributed by atoms with van der Waals surface area (Å²) in [7, 11) is 0. The van der Waals surface area contributed by atoms with Crippen molar-refractivity contribution in [1.82, 2.24) is 0 Å². The number of fused-ring (bicyclic) bond motifs is 1. The lowest BCUT2D eigenvalue weighted by Gasteiger charge is -2.41. The van der Waals surface area contributed by atoms with E-state index >= 15 is 0 Å². The molecule has 0 amide bonds. The van der Waals surface area contributed by atoms with Gasteiger partial charge in [-0.15, -0.1) is 0 Å². The number of Topliss-reactive ketones (excluding diaryl/α,β-unsaturated/α-hetero) is 1. The lowest BCUT2D eigenvalue weighted by atomic mass is 9.88. The van der Waals surface area contributed by atoms with Crippen LogP contribution >= 0.6 is 0 Å². The minimum atomic E-state index is -1.80. The first-order chi connectivity index (χ1) is 22.3. The maximum atomic E-state index is 12.6. The number of carbonyl (C=O) groups excluding carboxylic acids is 2. The van der Waals surface area contributed by atoms with Crippen molar-refractivity contribution in [1.29, 1.82) is 0 Å². The molecule has 3 heterocycles. The highest BCUT2D eigenvalue weighted by Gasteiger charge is 2.43. The predicted octanol–water partition coefficient (Wildman–Crippen LogP) is -0.0377. The van der Waals surface area contributed by atoms with Crippen molar-refractivity contribution in [3.05, 3.63) is 60.8 Å². The Morgan fingerprint density at radius 2 is 1.55 bits per heavy atom. The molecule has 47 heavy (non-hydrogen) atoms. The zero-order valence-electron chi connectivity index (χ0n) is 26.4. The normalized spacial score (nSPS) is 40.0. The third-order valence-electron chi connectivity index (χ3n) is 8.05. The number of aliphatic carboxylic acids is 1. The first kappa shape index (κ1) is 38.4. The van der Waals surface area contributed by atoms with Crippen LogP contribution in [0.25, 0.3) is 0 Å². The second kappa shape index (κ2) is 18.5. The molecule has 11 unspecified atom stereocenters.